The minimum absolute atomic E-state index is 0.192. The zero-order valence-corrected chi connectivity index (χ0v) is 12.3. The molecule has 0 bridgehead atoms. The Morgan fingerprint density at radius 3 is 2.84 bits per heavy atom. The van der Waals surface area contributed by atoms with Crippen LogP contribution >= 0.6 is 11.6 Å². The van der Waals surface area contributed by atoms with Crippen LogP contribution in [0.4, 0.5) is 4.39 Å². The molecule has 0 aliphatic heterocycles. The van der Waals surface area contributed by atoms with Gasteiger partial charge in [0.05, 0.1) is 16.4 Å². The molecule has 104 valence electrons. The number of fused-ring (bicyclic) bond motifs is 1. The number of rotatable bonds is 5. The molecule has 19 heavy (non-hydrogen) atoms. The average molecular weight is 284 g/mol. The smallest absolute Gasteiger partial charge is 0.127 e. The lowest BCUT2D eigenvalue weighted by Crippen LogP contribution is -2.23. The quantitative estimate of drug-likeness (QED) is 0.784. The van der Waals surface area contributed by atoms with Crippen molar-refractivity contribution in [2.45, 2.75) is 25.8 Å². The van der Waals surface area contributed by atoms with Gasteiger partial charge in [-0.2, -0.15) is 0 Å². The van der Waals surface area contributed by atoms with Crippen LogP contribution in [-0.2, 0) is 6.54 Å². The lowest BCUT2D eigenvalue weighted by molar-refractivity contribution is 0.335. The summed E-state index contributed by atoms with van der Waals surface area (Å²) in [5.41, 5.74) is 1.61. The van der Waals surface area contributed by atoms with Crippen molar-refractivity contribution in [3.05, 3.63) is 29.8 Å². The van der Waals surface area contributed by atoms with Crippen LogP contribution in [0.25, 0.3) is 11.0 Å². The molecule has 0 saturated heterocycles. The summed E-state index contributed by atoms with van der Waals surface area (Å²) in [5.74, 6) is 0.554. The number of hydrogen-bond donors (Lipinski definition) is 0. The van der Waals surface area contributed by atoms with Gasteiger partial charge in [-0.3, -0.25) is 0 Å². The summed E-state index contributed by atoms with van der Waals surface area (Å²) >= 11 is 6.18. The van der Waals surface area contributed by atoms with E-state index >= 15 is 0 Å². The van der Waals surface area contributed by atoms with Gasteiger partial charge in [-0.15, -0.1) is 11.6 Å². The number of imidazole rings is 1. The summed E-state index contributed by atoms with van der Waals surface area (Å²) in [6.45, 7) is 6.62. The molecular formula is C14H19ClFN3. The number of alkyl halides is 1. The largest absolute Gasteiger partial charge is 0.325 e. The van der Waals surface area contributed by atoms with Crippen LogP contribution in [0.1, 0.15) is 25.0 Å². The van der Waals surface area contributed by atoms with Crippen molar-refractivity contribution in [2.75, 3.05) is 20.1 Å². The van der Waals surface area contributed by atoms with E-state index in [9.17, 15) is 4.39 Å². The van der Waals surface area contributed by atoms with Crippen molar-refractivity contribution in [3.8, 4) is 0 Å². The van der Waals surface area contributed by atoms with E-state index in [2.05, 4.69) is 23.9 Å². The van der Waals surface area contributed by atoms with E-state index < -0.39 is 0 Å². The lowest BCUT2D eigenvalue weighted by Gasteiger charge is -2.16. The van der Waals surface area contributed by atoms with Gasteiger partial charge >= 0.3 is 0 Å². The molecule has 0 aliphatic carbocycles. The van der Waals surface area contributed by atoms with E-state index in [0.717, 1.165) is 36.5 Å². The Hall–Kier alpha value is -1.13. The summed E-state index contributed by atoms with van der Waals surface area (Å²) in [5, 5.41) is -0.192. The fourth-order valence-corrected chi connectivity index (χ4v) is 2.25. The molecule has 0 saturated carbocycles. The van der Waals surface area contributed by atoms with Gasteiger partial charge in [-0.05, 0) is 38.7 Å². The Bertz CT molecular complexity index is 565. The van der Waals surface area contributed by atoms with E-state index in [1.807, 2.05) is 11.5 Å². The molecule has 0 amide bonds. The minimum Gasteiger partial charge on any atom is -0.325 e. The minimum atomic E-state index is -0.244. The maximum Gasteiger partial charge on any atom is 0.127 e. The number of nitrogens with zero attached hydrogens (tertiary/aromatic N) is 3. The molecule has 2 aromatic rings. The highest BCUT2D eigenvalue weighted by atomic mass is 35.5. The van der Waals surface area contributed by atoms with Gasteiger partial charge in [0.1, 0.15) is 11.6 Å². The molecule has 0 fully saturated rings. The van der Waals surface area contributed by atoms with E-state index in [-0.39, 0.29) is 11.2 Å². The van der Waals surface area contributed by atoms with Crippen LogP contribution in [0.2, 0.25) is 0 Å². The predicted octanol–water partition coefficient (Wildman–Crippen LogP) is 3.43. The number of hydrogen-bond acceptors (Lipinski definition) is 2. The Morgan fingerprint density at radius 1 is 1.47 bits per heavy atom. The second kappa shape index (κ2) is 5.88. The molecule has 1 aromatic heterocycles. The molecule has 0 aliphatic rings. The van der Waals surface area contributed by atoms with Crippen molar-refractivity contribution in [1.82, 2.24) is 14.5 Å². The molecule has 0 spiro atoms. The number of benzene rings is 1. The fourth-order valence-electron chi connectivity index (χ4n) is 2.08. The summed E-state index contributed by atoms with van der Waals surface area (Å²) in [4.78, 5) is 6.71. The SMILES string of the molecule is CCN(C)CCn1c(C(C)Cl)nc2ccc(F)cc21. The van der Waals surface area contributed by atoms with Crippen LogP contribution in [0.5, 0.6) is 0 Å². The molecule has 0 N–H and O–H groups in total. The molecule has 5 heteroatoms. The van der Waals surface area contributed by atoms with Gasteiger partial charge in [0.15, 0.2) is 0 Å². The second-order valence-corrected chi connectivity index (χ2v) is 5.42. The molecule has 3 nitrogen and oxygen atoms in total. The molecule has 1 atom stereocenters. The number of likely N-dealkylation sites (N-methyl/N-ethyl adjacent to an activating group) is 1. The standard InChI is InChI=1S/C14H19ClFN3/c1-4-18(3)7-8-19-13-9-11(16)5-6-12(13)17-14(19)10(2)15/h5-6,9-10H,4,7-8H2,1-3H3. The first kappa shape index (κ1) is 14.3. The van der Waals surface area contributed by atoms with E-state index in [0.29, 0.717) is 0 Å². The number of halogens is 2. The number of aromatic nitrogens is 2. The fraction of sp³-hybridized carbons (Fsp3) is 0.500. The zero-order valence-electron chi connectivity index (χ0n) is 11.5. The lowest BCUT2D eigenvalue weighted by atomic mass is 10.3. The highest BCUT2D eigenvalue weighted by molar-refractivity contribution is 6.20. The topological polar surface area (TPSA) is 21.1 Å². The summed E-state index contributed by atoms with van der Waals surface area (Å²) in [6, 6.07) is 4.66. The van der Waals surface area contributed by atoms with Gasteiger partial charge < -0.3 is 9.47 Å². The molecule has 0 radical (unpaired) electrons. The Balaban J connectivity index is 2.42. The van der Waals surface area contributed by atoms with Gasteiger partial charge in [0.2, 0.25) is 0 Å². The van der Waals surface area contributed by atoms with Crippen molar-refractivity contribution in [2.24, 2.45) is 0 Å². The van der Waals surface area contributed by atoms with Gasteiger partial charge in [0, 0.05) is 13.1 Å². The van der Waals surface area contributed by atoms with Gasteiger partial charge in [-0.25, -0.2) is 9.37 Å². The van der Waals surface area contributed by atoms with E-state index in [4.69, 9.17) is 11.6 Å². The average Bonchev–Trinajstić information content (AvgIpc) is 2.74. The van der Waals surface area contributed by atoms with Crippen LogP contribution in [0.3, 0.4) is 0 Å². The molecule has 1 unspecified atom stereocenters. The summed E-state index contributed by atoms with van der Waals surface area (Å²) in [6.07, 6.45) is 0. The third kappa shape index (κ3) is 3.07. The van der Waals surface area contributed by atoms with E-state index in [1.54, 1.807) is 6.07 Å². The maximum absolute atomic E-state index is 13.4. The molecule has 1 heterocycles. The maximum atomic E-state index is 13.4. The summed E-state index contributed by atoms with van der Waals surface area (Å²) < 4.78 is 15.4. The monoisotopic (exact) mass is 283 g/mol. The first-order valence-corrected chi connectivity index (χ1v) is 6.95. The molecule has 1 aromatic carbocycles. The molecule has 2 rings (SSSR count). The Labute approximate surface area is 118 Å². The first-order valence-electron chi connectivity index (χ1n) is 6.51. The van der Waals surface area contributed by atoms with Crippen molar-refractivity contribution in [1.29, 1.82) is 0 Å². The van der Waals surface area contributed by atoms with Gasteiger partial charge in [-0.1, -0.05) is 6.92 Å². The highest BCUT2D eigenvalue weighted by Gasteiger charge is 2.15. The van der Waals surface area contributed by atoms with Crippen molar-refractivity contribution in [3.63, 3.8) is 0 Å². The first-order chi connectivity index (χ1) is 9.02. The Morgan fingerprint density at radius 2 is 2.21 bits per heavy atom. The predicted molar refractivity (Wildman–Crippen MR) is 77.1 cm³/mol. The van der Waals surface area contributed by atoms with Crippen LogP contribution in [0.15, 0.2) is 18.2 Å². The van der Waals surface area contributed by atoms with Crippen LogP contribution in [-0.4, -0.2) is 34.6 Å². The van der Waals surface area contributed by atoms with Crippen molar-refractivity contribution < 1.29 is 4.39 Å². The zero-order chi connectivity index (χ0) is 14.0. The normalized spacial score (nSPS) is 13.4. The molecular weight excluding hydrogens is 265 g/mol. The third-order valence-corrected chi connectivity index (χ3v) is 3.54. The van der Waals surface area contributed by atoms with Gasteiger partial charge in [0.25, 0.3) is 0 Å². The Kier molecular flexibility index (Phi) is 4.42. The van der Waals surface area contributed by atoms with Crippen LogP contribution in [0, 0.1) is 5.82 Å². The third-order valence-electron chi connectivity index (χ3n) is 3.34. The van der Waals surface area contributed by atoms with E-state index in [1.165, 1.54) is 12.1 Å². The second-order valence-electron chi connectivity index (χ2n) is 4.77. The van der Waals surface area contributed by atoms with Crippen LogP contribution < -0.4 is 0 Å². The highest BCUT2D eigenvalue weighted by Crippen LogP contribution is 2.25. The summed E-state index contributed by atoms with van der Waals surface area (Å²) in [7, 11) is 2.06. The van der Waals surface area contributed by atoms with Crippen molar-refractivity contribution >= 4 is 22.6 Å².